The summed E-state index contributed by atoms with van der Waals surface area (Å²) < 4.78 is 10.6. The molecule has 0 unspecified atom stereocenters. The number of benzene rings is 1. The number of nitrogens with one attached hydrogen (secondary N) is 2. The first-order chi connectivity index (χ1) is 14.2. The molecule has 148 valence electrons. The largest absolute Gasteiger partial charge is 0.467 e. The zero-order chi connectivity index (χ0) is 20.2. The van der Waals surface area contributed by atoms with Gasteiger partial charge in [-0.2, -0.15) is 0 Å². The number of pyridine rings is 1. The first kappa shape index (κ1) is 19.1. The van der Waals surface area contributed by atoms with E-state index in [1.54, 1.807) is 12.5 Å². The standard InChI is InChI=1S/C21H20N4O3S/c1-27-13-18(26)23-14-7-9-15(10-8-14)25-20(17-6-4-12-28-17)19(24-21(25)29)16-5-2-3-11-22-16/h2-12,19-20H,13H2,1H3,(H,23,26)(H,24,29)/t19-,20+/m1/s1. The minimum atomic E-state index is -0.206. The highest BCUT2D eigenvalue weighted by molar-refractivity contribution is 7.80. The number of anilines is 2. The minimum Gasteiger partial charge on any atom is -0.467 e. The van der Waals surface area contributed by atoms with Crippen molar-refractivity contribution in [3.8, 4) is 0 Å². The van der Waals surface area contributed by atoms with E-state index in [-0.39, 0.29) is 24.6 Å². The summed E-state index contributed by atoms with van der Waals surface area (Å²) in [6, 6.07) is 16.7. The van der Waals surface area contributed by atoms with E-state index in [0.717, 1.165) is 17.1 Å². The Kier molecular flexibility index (Phi) is 5.55. The Labute approximate surface area is 173 Å². The number of aromatic nitrogens is 1. The van der Waals surface area contributed by atoms with Gasteiger partial charge in [-0.05, 0) is 60.7 Å². The average Bonchev–Trinajstić information content (AvgIpc) is 3.37. The maximum absolute atomic E-state index is 11.7. The Hall–Kier alpha value is -3.23. The Bertz CT molecular complexity index is 977. The molecule has 0 spiro atoms. The predicted octanol–water partition coefficient (Wildman–Crippen LogP) is 3.44. The van der Waals surface area contributed by atoms with Crippen molar-refractivity contribution in [2.24, 2.45) is 0 Å². The molecule has 1 aliphatic rings. The highest BCUT2D eigenvalue weighted by Crippen LogP contribution is 2.41. The molecule has 0 aliphatic carbocycles. The summed E-state index contributed by atoms with van der Waals surface area (Å²) in [6.07, 6.45) is 3.41. The number of amides is 1. The highest BCUT2D eigenvalue weighted by atomic mass is 32.1. The van der Waals surface area contributed by atoms with Gasteiger partial charge in [0.25, 0.3) is 0 Å². The van der Waals surface area contributed by atoms with Crippen LogP contribution in [0.15, 0.2) is 71.5 Å². The van der Waals surface area contributed by atoms with Gasteiger partial charge < -0.3 is 24.7 Å². The fourth-order valence-corrected chi connectivity index (χ4v) is 3.76. The third-order valence-electron chi connectivity index (χ3n) is 4.64. The fraction of sp³-hybridized carbons (Fsp3) is 0.190. The number of ether oxygens (including phenoxy) is 1. The van der Waals surface area contributed by atoms with Crippen molar-refractivity contribution >= 4 is 34.6 Å². The summed E-state index contributed by atoms with van der Waals surface area (Å²) in [5, 5.41) is 6.74. The molecule has 4 rings (SSSR count). The topological polar surface area (TPSA) is 79.6 Å². The van der Waals surface area contributed by atoms with Gasteiger partial charge in [-0.1, -0.05) is 6.07 Å². The van der Waals surface area contributed by atoms with E-state index in [2.05, 4.69) is 15.6 Å². The average molecular weight is 408 g/mol. The van der Waals surface area contributed by atoms with Gasteiger partial charge >= 0.3 is 0 Å². The van der Waals surface area contributed by atoms with Crippen molar-refractivity contribution in [1.82, 2.24) is 10.3 Å². The van der Waals surface area contributed by atoms with Crippen LogP contribution in [0.1, 0.15) is 23.5 Å². The van der Waals surface area contributed by atoms with Crippen LogP contribution in [0.3, 0.4) is 0 Å². The van der Waals surface area contributed by atoms with Gasteiger partial charge in [-0.3, -0.25) is 9.78 Å². The molecule has 7 nitrogen and oxygen atoms in total. The van der Waals surface area contributed by atoms with Gasteiger partial charge in [0.05, 0.1) is 18.0 Å². The molecule has 0 bridgehead atoms. The molecule has 2 N–H and O–H groups in total. The van der Waals surface area contributed by atoms with E-state index in [9.17, 15) is 4.79 Å². The third kappa shape index (κ3) is 3.98. The summed E-state index contributed by atoms with van der Waals surface area (Å²) in [6.45, 7) is 0.00814. The van der Waals surface area contributed by atoms with Gasteiger partial charge in [-0.25, -0.2) is 0 Å². The van der Waals surface area contributed by atoms with E-state index in [0.29, 0.717) is 10.8 Å². The lowest BCUT2D eigenvalue weighted by Crippen LogP contribution is -2.29. The van der Waals surface area contributed by atoms with Crippen LogP contribution in [-0.2, 0) is 9.53 Å². The number of methoxy groups -OCH3 is 1. The third-order valence-corrected chi connectivity index (χ3v) is 4.95. The summed E-state index contributed by atoms with van der Waals surface area (Å²) in [5.74, 6) is 0.577. The van der Waals surface area contributed by atoms with Gasteiger partial charge in [0.15, 0.2) is 5.11 Å². The van der Waals surface area contributed by atoms with Crippen molar-refractivity contribution < 1.29 is 13.9 Å². The normalized spacial score (nSPS) is 18.5. The molecule has 2 atom stereocenters. The highest BCUT2D eigenvalue weighted by Gasteiger charge is 2.42. The van der Waals surface area contributed by atoms with Gasteiger partial charge in [-0.15, -0.1) is 0 Å². The first-order valence-corrected chi connectivity index (χ1v) is 9.51. The molecule has 0 saturated carbocycles. The maximum Gasteiger partial charge on any atom is 0.250 e. The molecule has 3 aromatic rings. The number of rotatable bonds is 6. The monoisotopic (exact) mass is 408 g/mol. The zero-order valence-corrected chi connectivity index (χ0v) is 16.6. The number of hydrogen-bond acceptors (Lipinski definition) is 5. The lowest BCUT2D eigenvalue weighted by molar-refractivity contribution is -0.119. The number of furan rings is 1. The molecule has 3 heterocycles. The van der Waals surface area contributed by atoms with Crippen LogP contribution in [-0.4, -0.2) is 29.7 Å². The molecule has 8 heteroatoms. The number of nitrogens with zero attached hydrogens (tertiary/aromatic N) is 2. The molecular weight excluding hydrogens is 388 g/mol. The number of thiocarbonyl (C=S) groups is 1. The second kappa shape index (κ2) is 8.42. The summed E-state index contributed by atoms with van der Waals surface area (Å²) in [5.41, 5.74) is 2.44. The molecule has 2 aromatic heterocycles. The Morgan fingerprint density at radius 1 is 1.24 bits per heavy atom. The van der Waals surface area contributed by atoms with E-state index in [1.165, 1.54) is 7.11 Å². The predicted molar refractivity (Wildman–Crippen MR) is 114 cm³/mol. The zero-order valence-electron chi connectivity index (χ0n) is 15.7. The van der Waals surface area contributed by atoms with Gasteiger partial charge in [0, 0.05) is 24.7 Å². The molecule has 1 amide bonds. The van der Waals surface area contributed by atoms with E-state index >= 15 is 0 Å². The SMILES string of the molecule is COCC(=O)Nc1ccc(N2C(=S)N[C@H](c3ccccn3)[C@@H]2c2ccco2)cc1. The van der Waals surface area contributed by atoms with Crippen LogP contribution in [0.2, 0.25) is 0 Å². The van der Waals surface area contributed by atoms with Crippen LogP contribution in [0.4, 0.5) is 11.4 Å². The van der Waals surface area contributed by atoms with E-state index in [1.807, 2.05) is 59.5 Å². The molecular formula is C21H20N4O3S. The van der Waals surface area contributed by atoms with E-state index < -0.39 is 0 Å². The molecule has 1 aliphatic heterocycles. The number of carbonyl (C=O) groups is 1. The van der Waals surface area contributed by atoms with Crippen molar-refractivity contribution in [1.29, 1.82) is 0 Å². The number of carbonyl (C=O) groups excluding carboxylic acids is 1. The molecule has 29 heavy (non-hydrogen) atoms. The van der Waals surface area contributed by atoms with Crippen LogP contribution in [0.25, 0.3) is 0 Å². The molecule has 1 fully saturated rings. The Morgan fingerprint density at radius 3 is 2.72 bits per heavy atom. The lowest BCUT2D eigenvalue weighted by atomic mass is 10.0. The Morgan fingerprint density at radius 2 is 2.07 bits per heavy atom. The van der Waals surface area contributed by atoms with Crippen molar-refractivity contribution in [2.45, 2.75) is 12.1 Å². The van der Waals surface area contributed by atoms with E-state index in [4.69, 9.17) is 21.4 Å². The minimum absolute atomic E-state index is 0.00814. The van der Waals surface area contributed by atoms with Gasteiger partial charge in [0.2, 0.25) is 5.91 Å². The van der Waals surface area contributed by atoms with Crippen LogP contribution in [0, 0.1) is 0 Å². The van der Waals surface area contributed by atoms with Crippen LogP contribution < -0.4 is 15.5 Å². The molecule has 0 radical (unpaired) electrons. The van der Waals surface area contributed by atoms with Crippen molar-refractivity contribution in [3.63, 3.8) is 0 Å². The van der Waals surface area contributed by atoms with Crippen molar-refractivity contribution in [3.05, 3.63) is 78.5 Å². The van der Waals surface area contributed by atoms with Crippen molar-refractivity contribution in [2.75, 3.05) is 23.9 Å². The molecule has 1 saturated heterocycles. The van der Waals surface area contributed by atoms with Gasteiger partial charge in [0.1, 0.15) is 18.4 Å². The Balaban J connectivity index is 1.65. The summed E-state index contributed by atoms with van der Waals surface area (Å²) in [7, 11) is 1.48. The quantitative estimate of drug-likeness (QED) is 0.605. The number of hydrogen-bond donors (Lipinski definition) is 2. The lowest BCUT2D eigenvalue weighted by Gasteiger charge is -2.26. The molecule has 1 aromatic carbocycles. The smallest absolute Gasteiger partial charge is 0.250 e. The summed E-state index contributed by atoms with van der Waals surface area (Å²) >= 11 is 5.65. The second-order valence-electron chi connectivity index (χ2n) is 6.54. The first-order valence-electron chi connectivity index (χ1n) is 9.10. The van der Waals surface area contributed by atoms with Crippen LogP contribution >= 0.6 is 12.2 Å². The van der Waals surface area contributed by atoms with Crippen LogP contribution in [0.5, 0.6) is 0 Å². The fourth-order valence-electron chi connectivity index (χ4n) is 3.41. The summed E-state index contributed by atoms with van der Waals surface area (Å²) in [4.78, 5) is 18.2. The maximum atomic E-state index is 11.7. The second-order valence-corrected chi connectivity index (χ2v) is 6.93.